The third-order valence-electron chi connectivity index (χ3n) is 3.85. The van der Waals surface area contributed by atoms with Crippen molar-refractivity contribution >= 4 is 22.7 Å². The maximum Gasteiger partial charge on any atom is 0.416 e. The third kappa shape index (κ3) is 3.66. The lowest BCUT2D eigenvalue weighted by molar-refractivity contribution is -0.143. The molecule has 0 saturated carbocycles. The van der Waals surface area contributed by atoms with Crippen molar-refractivity contribution in [3.8, 4) is 0 Å². The molecule has 0 fully saturated rings. The smallest absolute Gasteiger partial charge is 0.416 e. The molecule has 1 aliphatic rings. The van der Waals surface area contributed by atoms with Crippen molar-refractivity contribution < 1.29 is 35.9 Å². The van der Waals surface area contributed by atoms with Gasteiger partial charge in [0, 0.05) is 7.05 Å². The predicted molar refractivity (Wildman–Crippen MR) is 85.6 cm³/mol. The summed E-state index contributed by atoms with van der Waals surface area (Å²) in [4.78, 5) is 13.2. The summed E-state index contributed by atoms with van der Waals surface area (Å²) in [6, 6.07) is 4.29. The lowest BCUT2D eigenvalue weighted by Gasteiger charge is -2.14. The fraction of sp³-hybridized carbons (Fsp3) is 0.235. The van der Waals surface area contributed by atoms with Gasteiger partial charge in [0.15, 0.2) is 12.0 Å². The van der Waals surface area contributed by atoms with Crippen molar-refractivity contribution in [1.29, 1.82) is 0 Å². The lowest BCUT2D eigenvalue weighted by atomic mass is 9.95. The van der Waals surface area contributed by atoms with Gasteiger partial charge in [0.05, 0.1) is 21.6 Å². The number of ketones is 1. The highest BCUT2D eigenvalue weighted by molar-refractivity contribution is 7.10. The molecule has 0 aliphatic carbocycles. The monoisotopic (exact) mass is 407 g/mol. The second kappa shape index (κ2) is 6.59. The number of rotatable bonds is 3. The number of carbonyl (C=O) groups is 1. The fourth-order valence-electron chi connectivity index (χ4n) is 2.66. The summed E-state index contributed by atoms with van der Waals surface area (Å²) in [5.41, 5.74) is -3.86. The average Bonchev–Trinajstić information content (AvgIpc) is 3.20. The largest absolute Gasteiger partial charge is 0.461 e. The van der Waals surface area contributed by atoms with Gasteiger partial charge >= 0.3 is 12.4 Å². The number of carbonyl (C=O) groups excluding carboxylic acids is 1. The van der Waals surface area contributed by atoms with E-state index in [1.807, 2.05) is 0 Å². The minimum absolute atomic E-state index is 0.0140. The molecule has 1 atom stereocenters. The molecule has 1 N–H and O–H groups in total. The number of Topliss-reactive ketones (excluding diaryl/α,β-unsaturated/α-hetero) is 1. The summed E-state index contributed by atoms with van der Waals surface area (Å²) in [6.45, 7) is 0. The standard InChI is InChI=1S/C17H11F6NO2S/c1-24-15-12(13(25)14(26-15)11-3-2-4-27-11)8-5-9(16(18,19)20)7-10(6-8)17(21,22)23/h2-7,14,24H,1H3. The van der Waals surface area contributed by atoms with Crippen LogP contribution in [0.5, 0.6) is 0 Å². The van der Waals surface area contributed by atoms with Gasteiger partial charge in [0.25, 0.3) is 0 Å². The summed E-state index contributed by atoms with van der Waals surface area (Å²) in [5, 5.41) is 4.21. The Morgan fingerprint density at radius 1 is 1.04 bits per heavy atom. The Bertz CT molecular complexity index is 867. The lowest BCUT2D eigenvalue weighted by Crippen LogP contribution is -2.14. The van der Waals surface area contributed by atoms with Gasteiger partial charge in [0.1, 0.15) is 0 Å². The molecule has 0 radical (unpaired) electrons. The van der Waals surface area contributed by atoms with E-state index in [0.717, 1.165) is 0 Å². The van der Waals surface area contributed by atoms with Crippen LogP contribution in [-0.4, -0.2) is 12.8 Å². The number of hydrogen-bond acceptors (Lipinski definition) is 4. The second-order valence-electron chi connectivity index (χ2n) is 5.63. The van der Waals surface area contributed by atoms with Gasteiger partial charge in [-0.25, -0.2) is 0 Å². The van der Waals surface area contributed by atoms with E-state index in [2.05, 4.69) is 5.32 Å². The third-order valence-corrected chi connectivity index (χ3v) is 4.77. The van der Waals surface area contributed by atoms with Crippen molar-refractivity contribution in [3.63, 3.8) is 0 Å². The Morgan fingerprint density at radius 2 is 1.63 bits per heavy atom. The minimum Gasteiger partial charge on any atom is -0.461 e. The molecule has 1 aliphatic heterocycles. The number of hydrogen-bond donors (Lipinski definition) is 1. The zero-order valence-corrected chi connectivity index (χ0v) is 14.4. The molecule has 27 heavy (non-hydrogen) atoms. The van der Waals surface area contributed by atoms with Crippen LogP contribution >= 0.6 is 11.3 Å². The predicted octanol–water partition coefficient (Wildman–Crippen LogP) is 5.01. The quantitative estimate of drug-likeness (QED) is 0.727. The van der Waals surface area contributed by atoms with E-state index in [9.17, 15) is 31.1 Å². The molecule has 2 heterocycles. The Morgan fingerprint density at radius 3 is 2.07 bits per heavy atom. The summed E-state index contributed by atoms with van der Waals surface area (Å²) >= 11 is 1.19. The maximum absolute atomic E-state index is 13.1. The highest BCUT2D eigenvalue weighted by atomic mass is 32.1. The first-order valence-corrected chi connectivity index (χ1v) is 8.36. The summed E-state index contributed by atoms with van der Waals surface area (Å²) < 4.78 is 84.0. The zero-order chi connectivity index (χ0) is 20.0. The van der Waals surface area contributed by atoms with Gasteiger partial charge in [-0.05, 0) is 35.2 Å². The normalized spacial score (nSPS) is 18.0. The maximum atomic E-state index is 13.1. The van der Waals surface area contributed by atoms with E-state index in [-0.39, 0.29) is 17.5 Å². The number of alkyl halides is 6. The topological polar surface area (TPSA) is 38.3 Å². The molecule has 0 bridgehead atoms. The van der Waals surface area contributed by atoms with Gasteiger partial charge in [-0.15, -0.1) is 11.3 Å². The Balaban J connectivity index is 2.15. The number of nitrogens with one attached hydrogen (secondary N) is 1. The number of thiophene rings is 1. The SMILES string of the molecule is CNC1=C(c2cc(C(F)(F)F)cc(C(F)(F)F)c2)C(=O)C(c2cccs2)O1. The van der Waals surface area contributed by atoms with Crippen LogP contribution in [0.15, 0.2) is 41.6 Å². The fourth-order valence-corrected chi connectivity index (χ4v) is 3.41. The molecule has 1 aromatic carbocycles. The van der Waals surface area contributed by atoms with Gasteiger partial charge < -0.3 is 10.1 Å². The molecule has 0 saturated heterocycles. The van der Waals surface area contributed by atoms with Crippen molar-refractivity contribution in [3.05, 3.63) is 63.2 Å². The van der Waals surface area contributed by atoms with Crippen LogP contribution < -0.4 is 5.32 Å². The van der Waals surface area contributed by atoms with E-state index in [4.69, 9.17) is 4.74 Å². The van der Waals surface area contributed by atoms with Crippen LogP contribution in [0.1, 0.15) is 27.7 Å². The molecule has 2 aromatic rings. The highest BCUT2D eigenvalue weighted by Gasteiger charge is 2.41. The van der Waals surface area contributed by atoms with Crippen molar-refractivity contribution in [1.82, 2.24) is 5.32 Å². The Labute approximate surface area is 153 Å². The highest BCUT2D eigenvalue weighted by Crippen LogP contribution is 2.42. The molecular formula is C17H11F6NO2S. The van der Waals surface area contributed by atoms with Crippen LogP contribution in [0.2, 0.25) is 0 Å². The molecular weight excluding hydrogens is 396 g/mol. The van der Waals surface area contributed by atoms with E-state index < -0.39 is 40.9 Å². The molecule has 0 spiro atoms. The van der Waals surface area contributed by atoms with Crippen LogP contribution in [-0.2, 0) is 21.9 Å². The van der Waals surface area contributed by atoms with Crippen molar-refractivity contribution in [2.75, 3.05) is 7.05 Å². The number of benzene rings is 1. The van der Waals surface area contributed by atoms with Crippen molar-refractivity contribution in [2.24, 2.45) is 0 Å². The first-order chi connectivity index (χ1) is 12.5. The molecule has 1 unspecified atom stereocenters. The summed E-state index contributed by atoms with van der Waals surface area (Å²) in [6.07, 6.45) is -11.1. The van der Waals surface area contributed by atoms with E-state index in [1.54, 1.807) is 17.5 Å². The van der Waals surface area contributed by atoms with Gasteiger partial charge in [0.2, 0.25) is 5.78 Å². The Kier molecular flexibility index (Phi) is 4.71. The second-order valence-corrected chi connectivity index (χ2v) is 6.61. The van der Waals surface area contributed by atoms with Crippen LogP contribution in [0.25, 0.3) is 5.57 Å². The first kappa shape index (κ1) is 19.3. The first-order valence-electron chi connectivity index (χ1n) is 7.48. The van der Waals surface area contributed by atoms with Crippen LogP contribution in [0.3, 0.4) is 0 Å². The van der Waals surface area contributed by atoms with E-state index >= 15 is 0 Å². The minimum atomic E-state index is -5.01. The van der Waals surface area contributed by atoms with Gasteiger partial charge in [-0.3, -0.25) is 4.79 Å². The number of halogens is 6. The summed E-state index contributed by atoms with van der Waals surface area (Å²) in [7, 11) is 1.36. The molecule has 10 heteroatoms. The van der Waals surface area contributed by atoms with Crippen LogP contribution in [0.4, 0.5) is 26.3 Å². The van der Waals surface area contributed by atoms with Gasteiger partial charge in [-0.1, -0.05) is 6.07 Å². The average molecular weight is 407 g/mol. The Hall–Kier alpha value is -2.49. The molecule has 3 nitrogen and oxygen atoms in total. The molecule has 3 rings (SSSR count). The van der Waals surface area contributed by atoms with Crippen molar-refractivity contribution in [2.45, 2.75) is 18.5 Å². The molecule has 1 aromatic heterocycles. The van der Waals surface area contributed by atoms with E-state index in [0.29, 0.717) is 17.0 Å². The molecule has 0 amide bonds. The van der Waals surface area contributed by atoms with E-state index in [1.165, 1.54) is 18.4 Å². The van der Waals surface area contributed by atoms with Gasteiger partial charge in [-0.2, -0.15) is 26.3 Å². The number of ether oxygens (including phenoxy) is 1. The molecule has 144 valence electrons. The summed E-state index contributed by atoms with van der Waals surface area (Å²) in [5.74, 6) is -0.889. The zero-order valence-electron chi connectivity index (χ0n) is 13.5. The van der Waals surface area contributed by atoms with Crippen LogP contribution in [0, 0.1) is 0 Å².